The topological polar surface area (TPSA) is 83.8 Å². The van der Waals surface area contributed by atoms with Crippen LogP contribution < -0.4 is 0 Å². The standard InChI is InChI=1S/C4H6O2.Li.H2O3S.H/c1-3-6-4(2)5;;1-4(2)3;/h3H,1H2,2H3;;(H2,1,2,3);. The summed E-state index contributed by atoms with van der Waals surface area (Å²) in [6, 6.07) is 0. The van der Waals surface area contributed by atoms with Gasteiger partial charge < -0.3 is 4.74 Å². The van der Waals surface area contributed by atoms with Crippen molar-refractivity contribution in [3.05, 3.63) is 12.8 Å². The molecular weight excluding hydrogens is 167 g/mol. The summed E-state index contributed by atoms with van der Waals surface area (Å²) in [5, 5.41) is 0. The zero-order chi connectivity index (χ0) is 8.57. The molecule has 5 nitrogen and oxygen atoms in total. The molecule has 0 aliphatic heterocycles. The van der Waals surface area contributed by atoms with Crippen LogP contribution in [0.15, 0.2) is 12.8 Å². The molecular formula is C4H9LiO5S. The van der Waals surface area contributed by atoms with E-state index in [2.05, 4.69) is 11.3 Å². The molecule has 0 spiro atoms. The van der Waals surface area contributed by atoms with Gasteiger partial charge in [-0.25, -0.2) is 0 Å². The summed E-state index contributed by atoms with van der Waals surface area (Å²) in [6.45, 7) is 4.48. The Morgan fingerprint density at radius 2 is 1.91 bits per heavy atom. The van der Waals surface area contributed by atoms with Gasteiger partial charge in [-0.15, -0.1) is 0 Å². The van der Waals surface area contributed by atoms with Crippen molar-refractivity contribution in [2.75, 3.05) is 0 Å². The molecule has 0 aliphatic carbocycles. The van der Waals surface area contributed by atoms with Gasteiger partial charge >= 0.3 is 24.8 Å². The third-order valence-corrected chi connectivity index (χ3v) is 0.249. The summed E-state index contributed by atoms with van der Waals surface area (Å²) in [5.41, 5.74) is 0. The summed E-state index contributed by atoms with van der Waals surface area (Å²) < 4.78 is 27.0. The van der Waals surface area contributed by atoms with Crippen molar-refractivity contribution < 1.29 is 22.8 Å². The molecule has 0 aromatic carbocycles. The van der Waals surface area contributed by atoms with Crippen molar-refractivity contribution in [1.29, 1.82) is 0 Å². The van der Waals surface area contributed by atoms with Gasteiger partial charge in [-0.2, -0.15) is 4.21 Å². The monoisotopic (exact) mass is 176 g/mol. The molecule has 0 amide bonds. The Kier molecular flexibility index (Phi) is 19.5. The van der Waals surface area contributed by atoms with Crippen LogP contribution in [-0.4, -0.2) is 38.1 Å². The van der Waals surface area contributed by atoms with Crippen LogP contribution >= 0.6 is 0 Å². The Hall–Kier alpha value is -0.123. The molecule has 0 radical (unpaired) electrons. The molecule has 0 aromatic heterocycles. The molecule has 0 rings (SSSR count). The zero-order valence-electron chi connectivity index (χ0n) is 5.31. The van der Waals surface area contributed by atoms with Gasteiger partial charge in [0.2, 0.25) is 0 Å². The molecule has 11 heavy (non-hydrogen) atoms. The first-order valence-corrected chi connectivity index (χ1v) is 3.15. The minimum absolute atomic E-state index is 0. The number of ether oxygens (including phenoxy) is 1. The van der Waals surface area contributed by atoms with Gasteiger partial charge in [0.15, 0.2) is 0 Å². The summed E-state index contributed by atoms with van der Waals surface area (Å²) >= 11 is -2.61. The van der Waals surface area contributed by atoms with Crippen LogP contribution in [-0.2, 0) is 20.9 Å². The van der Waals surface area contributed by atoms with Crippen LogP contribution in [0.5, 0.6) is 0 Å². The summed E-state index contributed by atoms with van der Waals surface area (Å²) in [6.07, 6.45) is 1.10. The molecule has 0 aromatic rings. The van der Waals surface area contributed by atoms with E-state index in [1.807, 2.05) is 0 Å². The fourth-order valence-corrected chi connectivity index (χ4v) is 0.117. The van der Waals surface area contributed by atoms with Crippen molar-refractivity contribution in [3.63, 3.8) is 0 Å². The van der Waals surface area contributed by atoms with Crippen LogP contribution in [0.2, 0.25) is 0 Å². The maximum atomic E-state index is 9.75. The number of hydrogen-bond donors (Lipinski definition) is 2. The van der Waals surface area contributed by atoms with E-state index in [0.717, 1.165) is 6.26 Å². The van der Waals surface area contributed by atoms with Crippen molar-refractivity contribution in [2.45, 2.75) is 6.92 Å². The van der Waals surface area contributed by atoms with Gasteiger partial charge in [0.05, 0.1) is 6.26 Å². The SMILES string of the molecule is C=COC(C)=O.O=S(O)O.[LiH]. The fraction of sp³-hybridized carbons (Fsp3) is 0.250. The van der Waals surface area contributed by atoms with Gasteiger partial charge in [-0.1, -0.05) is 6.58 Å². The van der Waals surface area contributed by atoms with E-state index in [1.165, 1.54) is 6.92 Å². The second-order valence-electron chi connectivity index (χ2n) is 1.01. The van der Waals surface area contributed by atoms with Crippen LogP contribution in [0.4, 0.5) is 0 Å². The van der Waals surface area contributed by atoms with E-state index < -0.39 is 11.4 Å². The Labute approximate surface area is 79.1 Å². The molecule has 0 unspecified atom stereocenters. The van der Waals surface area contributed by atoms with Crippen molar-refractivity contribution in [3.8, 4) is 0 Å². The molecule has 0 heterocycles. The number of hydrogen-bond acceptors (Lipinski definition) is 3. The van der Waals surface area contributed by atoms with Crippen LogP contribution in [0.3, 0.4) is 0 Å². The third kappa shape index (κ3) is 74.0. The average molecular weight is 176 g/mol. The second kappa shape index (κ2) is 12.5. The van der Waals surface area contributed by atoms with Gasteiger partial charge in [-0.05, 0) is 0 Å². The van der Waals surface area contributed by atoms with E-state index >= 15 is 0 Å². The molecule has 7 heteroatoms. The number of carbonyl (C=O) groups is 1. The number of esters is 1. The van der Waals surface area contributed by atoms with Crippen molar-refractivity contribution in [2.24, 2.45) is 0 Å². The van der Waals surface area contributed by atoms with E-state index in [0.29, 0.717) is 0 Å². The quantitative estimate of drug-likeness (QED) is 0.248. The Bertz CT molecular complexity index is 132. The predicted octanol–water partition coefficient (Wildman–Crippen LogP) is -0.274. The van der Waals surface area contributed by atoms with E-state index in [1.54, 1.807) is 0 Å². The molecule has 0 bridgehead atoms. The molecule has 2 N–H and O–H groups in total. The van der Waals surface area contributed by atoms with Crippen LogP contribution in [0.25, 0.3) is 0 Å². The molecule has 0 atom stereocenters. The average Bonchev–Trinajstić information content (AvgIpc) is 1.62. The zero-order valence-corrected chi connectivity index (χ0v) is 6.13. The predicted molar refractivity (Wildman–Crippen MR) is 42.5 cm³/mol. The fourth-order valence-electron chi connectivity index (χ4n) is 0.117. The summed E-state index contributed by atoms with van der Waals surface area (Å²) in [7, 11) is 0. The van der Waals surface area contributed by atoms with E-state index in [9.17, 15) is 4.79 Å². The van der Waals surface area contributed by atoms with Gasteiger partial charge in [0, 0.05) is 6.92 Å². The van der Waals surface area contributed by atoms with Gasteiger partial charge in [-0.3, -0.25) is 13.9 Å². The van der Waals surface area contributed by atoms with E-state index in [4.69, 9.17) is 13.3 Å². The second-order valence-corrected chi connectivity index (χ2v) is 1.47. The number of carbonyl (C=O) groups excluding carboxylic acids is 1. The molecule has 0 saturated carbocycles. The van der Waals surface area contributed by atoms with E-state index in [-0.39, 0.29) is 24.8 Å². The first-order chi connectivity index (χ1) is 4.50. The first-order valence-electron chi connectivity index (χ1n) is 2.08. The molecule has 0 aliphatic rings. The van der Waals surface area contributed by atoms with Crippen LogP contribution in [0, 0.1) is 0 Å². The number of rotatable bonds is 1. The Morgan fingerprint density at radius 1 is 1.64 bits per heavy atom. The molecule has 62 valence electrons. The first kappa shape index (κ1) is 17.1. The third-order valence-electron chi connectivity index (χ3n) is 0.249. The maximum absolute atomic E-state index is 9.75. The summed E-state index contributed by atoms with van der Waals surface area (Å²) in [4.78, 5) is 9.75. The Morgan fingerprint density at radius 3 is 1.91 bits per heavy atom. The summed E-state index contributed by atoms with van der Waals surface area (Å²) in [5.74, 6) is -0.329. The van der Waals surface area contributed by atoms with Gasteiger partial charge in [0.1, 0.15) is 0 Å². The minimum atomic E-state index is -2.61. The Balaban J connectivity index is -0.000000114. The normalized spacial score (nSPS) is 6.91. The van der Waals surface area contributed by atoms with Crippen molar-refractivity contribution >= 4 is 36.2 Å². The van der Waals surface area contributed by atoms with Crippen molar-refractivity contribution in [1.82, 2.24) is 0 Å². The van der Waals surface area contributed by atoms with Crippen LogP contribution in [0.1, 0.15) is 6.92 Å². The molecule has 0 saturated heterocycles. The van der Waals surface area contributed by atoms with Gasteiger partial charge in [0.25, 0.3) is 11.4 Å². The molecule has 0 fully saturated rings.